The Kier molecular flexibility index (Phi) is 7.30. The molecule has 13 aromatic rings. The zero-order valence-electron chi connectivity index (χ0n) is 34.3. The molecule has 296 valence electrons. The van der Waals surface area contributed by atoms with E-state index in [2.05, 4.69) is 197 Å². The molecule has 0 bridgehead atoms. The molecule has 6 nitrogen and oxygen atoms in total. The van der Waals surface area contributed by atoms with E-state index < -0.39 is 0 Å². The van der Waals surface area contributed by atoms with Crippen LogP contribution in [0, 0.1) is 0 Å². The predicted molar refractivity (Wildman–Crippen MR) is 262 cm³/mol. The molecule has 0 N–H and O–H groups in total. The zero-order valence-corrected chi connectivity index (χ0v) is 34.3. The van der Waals surface area contributed by atoms with Crippen LogP contribution in [0.5, 0.6) is 0 Å². The molecular weight excluding hydrogens is 781 g/mol. The number of para-hydroxylation sites is 3. The number of fused-ring (bicyclic) bond motifs is 10. The molecule has 0 atom stereocenters. The summed E-state index contributed by atoms with van der Waals surface area (Å²) < 4.78 is 4.51. The molecule has 1 aliphatic rings. The van der Waals surface area contributed by atoms with Gasteiger partial charge in [0, 0.05) is 49.2 Å². The number of nitrogens with zero attached hydrogens (tertiary/aromatic N) is 6. The van der Waals surface area contributed by atoms with E-state index in [1.165, 1.54) is 27.5 Å². The molecule has 6 heteroatoms. The lowest BCUT2D eigenvalue weighted by Crippen LogP contribution is -2.04. The van der Waals surface area contributed by atoms with E-state index in [0.717, 1.165) is 93.9 Å². The molecule has 0 fully saturated rings. The summed E-state index contributed by atoms with van der Waals surface area (Å²) in [5.74, 6) is 1.30. The molecule has 0 amide bonds. The summed E-state index contributed by atoms with van der Waals surface area (Å²) in [6.45, 7) is 0. The lowest BCUT2D eigenvalue weighted by Gasteiger charge is -2.14. The minimum absolute atomic E-state index is 0.648. The van der Waals surface area contributed by atoms with E-state index >= 15 is 0 Å². The van der Waals surface area contributed by atoms with Gasteiger partial charge in [0.15, 0.2) is 0 Å². The summed E-state index contributed by atoms with van der Waals surface area (Å²) in [5.41, 5.74) is 16.0. The highest BCUT2D eigenvalue weighted by Crippen LogP contribution is 2.53. The lowest BCUT2D eigenvalue weighted by molar-refractivity contribution is 0.993. The Morgan fingerprint density at radius 1 is 0.312 bits per heavy atom. The maximum absolute atomic E-state index is 5.42. The van der Waals surface area contributed by atoms with Crippen molar-refractivity contribution >= 4 is 65.3 Å². The minimum atomic E-state index is 0.648. The van der Waals surface area contributed by atoms with E-state index in [1.807, 2.05) is 18.2 Å². The van der Waals surface area contributed by atoms with Crippen molar-refractivity contribution < 1.29 is 0 Å². The van der Waals surface area contributed by atoms with Crippen LogP contribution in [-0.4, -0.2) is 29.1 Å². The van der Waals surface area contributed by atoms with Crippen LogP contribution in [-0.2, 0) is 0 Å². The third-order valence-corrected chi connectivity index (χ3v) is 13.1. The van der Waals surface area contributed by atoms with Crippen LogP contribution in [0.1, 0.15) is 0 Å². The van der Waals surface area contributed by atoms with Gasteiger partial charge >= 0.3 is 0 Å². The number of benzene rings is 9. The van der Waals surface area contributed by atoms with E-state index in [4.69, 9.17) is 19.9 Å². The van der Waals surface area contributed by atoms with Crippen molar-refractivity contribution in [1.82, 2.24) is 29.1 Å². The quantitative estimate of drug-likeness (QED) is 0.174. The Hall–Kier alpha value is -8.74. The zero-order chi connectivity index (χ0) is 41.9. The van der Waals surface area contributed by atoms with Crippen molar-refractivity contribution in [3.63, 3.8) is 0 Å². The summed E-state index contributed by atoms with van der Waals surface area (Å²) in [5, 5.41) is 7.99. The van der Waals surface area contributed by atoms with Crippen LogP contribution in [0.2, 0.25) is 0 Å². The highest BCUT2D eigenvalue weighted by molar-refractivity contribution is 6.22. The average molecular weight is 815 g/mol. The van der Waals surface area contributed by atoms with Crippen molar-refractivity contribution in [2.75, 3.05) is 0 Å². The second kappa shape index (κ2) is 13.4. The Bertz CT molecular complexity index is 4070. The third-order valence-electron chi connectivity index (χ3n) is 13.1. The Balaban J connectivity index is 0.992. The van der Waals surface area contributed by atoms with Gasteiger partial charge in [0.2, 0.25) is 11.9 Å². The van der Waals surface area contributed by atoms with E-state index in [-0.39, 0.29) is 0 Å². The molecule has 4 heterocycles. The van der Waals surface area contributed by atoms with Crippen molar-refractivity contribution in [1.29, 1.82) is 0 Å². The molecule has 64 heavy (non-hydrogen) atoms. The van der Waals surface area contributed by atoms with Gasteiger partial charge in [-0.25, -0.2) is 19.9 Å². The molecule has 0 saturated heterocycles. The van der Waals surface area contributed by atoms with Gasteiger partial charge in [-0.05, 0) is 69.9 Å². The Morgan fingerprint density at radius 3 is 1.45 bits per heavy atom. The van der Waals surface area contributed by atoms with Crippen molar-refractivity contribution in [3.05, 3.63) is 206 Å². The average Bonchev–Trinajstić information content (AvgIpc) is 4.00. The van der Waals surface area contributed by atoms with Gasteiger partial charge in [0.25, 0.3) is 0 Å². The second-order valence-corrected chi connectivity index (χ2v) is 16.6. The molecule has 9 aromatic carbocycles. The Labute approximate surface area is 367 Å². The molecule has 14 rings (SSSR count). The van der Waals surface area contributed by atoms with Gasteiger partial charge in [-0.15, -0.1) is 0 Å². The minimum Gasteiger partial charge on any atom is -0.278 e. The number of hydrogen-bond acceptors (Lipinski definition) is 4. The van der Waals surface area contributed by atoms with Crippen LogP contribution in [0.15, 0.2) is 206 Å². The van der Waals surface area contributed by atoms with Crippen LogP contribution < -0.4 is 0 Å². The summed E-state index contributed by atoms with van der Waals surface area (Å²) in [7, 11) is 0. The summed E-state index contributed by atoms with van der Waals surface area (Å²) >= 11 is 0. The van der Waals surface area contributed by atoms with Crippen LogP contribution in [0.3, 0.4) is 0 Å². The molecule has 0 spiro atoms. The highest BCUT2D eigenvalue weighted by Gasteiger charge is 2.31. The van der Waals surface area contributed by atoms with Gasteiger partial charge < -0.3 is 0 Å². The first-order chi connectivity index (χ1) is 31.7. The summed E-state index contributed by atoms with van der Waals surface area (Å²) in [4.78, 5) is 21.2. The molecule has 0 unspecified atom stereocenters. The SMILES string of the molecule is c1ccc(-c2nc(-n3c4c(c5cc(-c6ccc7c(c6)c6ccccc6n7-c6nc(-c7ccccc7)c7ccccc7n6)ccc53)-c3cccc5cccc-4c35)nc3ccccc23)cc1. The van der Waals surface area contributed by atoms with Crippen molar-refractivity contribution in [3.8, 4) is 67.9 Å². The Morgan fingerprint density at radius 2 is 0.812 bits per heavy atom. The molecule has 0 aliphatic heterocycles. The van der Waals surface area contributed by atoms with Crippen molar-refractivity contribution in [2.24, 2.45) is 0 Å². The molecule has 4 aromatic heterocycles. The largest absolute Gasteiger partial charge is 0.278 e. The van der Waals surface area contributed by atoms with Crippen LogP contribution in [0.25, 0.3) is 133 Å². The number of hydrogen-bond donors (Lipinski definition) is 0. The van der Waals surface area contributed by atoms with Gasteiger partial charge in [-0.2, -0.15) is 0 Å². The first-order valence-corrected chi connectivity index (χ1v) is 21.6. The fourth-order valence-corrected chi connectivity index (χ4v) is 10.3. The first kappa shape index (κ1) is 34.9. The second-order valence-electron chi connectivity index (χ2n) is 16.6. The van der Waals surface area contributed by atoms with Crippen molar-refractivity contribution in [2.45, 2.75) is 0 Å². The van der Waals surface area contributed by atoms with Crippen LogP contribution >= 0.6 is 0 Å². The number of rotatable bonds is 5. The summed E-state index contributed by atoms with van der Waals surface area (Å²) in [6, 6.07) is 73.0. The molecule has 1 aliphatic carbocycles. The summed E-state index contributed by atoms with van der Waals surface area (Å²) in [6.07, 6.45) is 0. The topological polar surface area (TPSA) is 61.4 Å². The molecular formula is C58H34N6. The van der Waals surface area contributed by atoms with Crippen LogP contribution in [0.4, 0.5) is 0 Å². The van der Waals surface area contributed by atoms with E-state index in [1.54, 1.807) is 0 Å². The van der Waals surface area contributed by atoms with Gasteiger partial charge in [0.05, 0.1) is 44.7 Å². The fourth-order valence-electron chi connectivity index (χ4n) is 10.3. The normalized spacial score (nSPS) is 12.1. The lowest BCUT2D eigenvalue weighted by atomic mass is 9.98. The maximum Gasteiger partial charge on any atom is 0.235 e. The molecule has 0 radical (unpaired) electrons. The monoisotopic (exact) mass is 814 g/mol. The van der Waals surface area contributed by atoms with Gasteiger partial charge in [-0.1, -0.05) is 164 Å². The fraction of sp³-hybridized carbons (Fsp3) is 0. The standard InChI is InChI=1S/C58H34N6/c1-3-15-36(16-4-1)54-41-22-7-10-26-47(41)59-57(61-54)63-49-28-12-9-21-40(49)45-33-38(29-31-50(45)63)39-30-32-51-46(34-39)53-43-24-13-19-35-20-14-25-44(52(35)43)56(53)64(51)58-60-48-27-11-8-23-42(48)55(62-58)37-17-5-2-6-18-37/h1-34H. The highest BCUT2D eigenvalue weighted by atomic mass is 15.2. The predicted octanol–water partition coefficient (Wildman–Crippen LogP) is 14.4. The molecule has 0 saturated carbocycles. The van der Waals surface area contributed by atoms with Gasteiger partial charge in [-0.3, -0.25) is 9.13 Å². The third kappa shape index (κ3) is 5.02. The van der Waals surface area contributed by atoms with E-state index in [9.17, 15) is 0 Å². The first-order valence-electron chi connectivity index (χ1n) is 21.6. The van der Waals surface area contributed by atoms with E-state index in [0.29, 0.717) is 11.9 Å². The number of aromatic nitrogens is 6. The smallest absolute Gasteiger partial charge is 0.235 e. The van der Waals surface area contributed by atoms with Gasteiger partial charge in [0.1, 0.15) is 0 Å². The maximum atomic E-state index is 5.42.